The Hall–Kier alpha value is -2.86. The molecular weight excluding hydrogens is 428 g/mol. The predicted octanol–water partition coefficient (Wildman–Crippen LogP) is 5.72. The lowest BCUT2D eigenvalue weighted by molar-refractivity contribution is -0.119. The van der Waals surface area contributed by atoms with Crippen LogP contribution < -0.4 is 5.32 Å². The first-order chi connectivity index (χ1) is 16.1. The lowest BCUT2D eigenvalue weighted by Gasteiger charge is -2.35. The topological polar surface area (TPSA) is 78.9 Å². The summed E-state index contributed by atoms with van der Waals surface area (Å²) in [5, 5.41) is 14.1. The van der Waals surface area contributed by atoms with Gasteiger partial charge in [0.25, 0.3) is 0 Å². The third-order valence-electron chi connectivity index (χ3n) is 6.41. The molecule has 2 aromatic carbocycles. The summed E-state index contributed by atoms with van der Waals surface area (Å²) in [6, 6.07) is 16.8. The summed E-state index contributed by atoms with van der Waals surface area (Å²) in [6.45, 7) is 9.46. The Morgan fingerprint density at radius 2 is 1.74 bits per heavy atom. The van der Waals surface area contributed by atoms with Crippen LogP contribution in [0, 0.1) is 5.92 Å². The van der Waals surface area contributed by atoms with Crippen LogP contribution in [0.2, 0.25) is 0 Å². The minimum absolute atomic E-state index is 0.0138. The Labute approximate surface area is 203 Å². The van der Waals surface area contributed by atoms with Gasteiger partial charge in [-0.25, -0.2) is 4.79 Å². The number of rotatable bonds is 7. The van der Waals surface area contributed by atoms with Gasteiger partial charge in [-0.05, 0) is 69.7 Å². The van der Waals surface area contributed by atoms with Crippen LogP contribution >= 0.6 is 0 Å². The van der Waals surface area contributed by atoms with Crippen molar-refractivity contribution in [1.82, 2.24) is 4.90 Å². The van der Waals surface area contributed by atoms with Gasteiger partial charge in [0.05, 0.1) is 12.1 Å². The van der Waals surface area contributed by atoms with E-state index in [0.717, 1.165) is 29.7 Å². The average Bonchev–Trinajstić information content (AvgIpc) is 3.22. The molecule has 2 amide bonds. The Balaban J connectivity index is 1.76. The van der Waals surface area contributed by atoms with Crippen molar-refractivity contribution in [2.75, 3.05) is 5.32 Å². The molecule has 1 saturated heterocycles. The number of carbonyl (C=O) groups is 2. The molecule has 1 aliphatic rings. The molecule has 0 unspecified atom stereocenters. The van der Waals surface area contributed by atoms with E-state index in [1.165, 1.54) is 0 Å². The number of anilines is 1. The fourth-order valence-corrected chi connectivity index (χ4v) is 4.34. The molecule has 0 saturated carbocycles. The van der Waals surface area contributed by atoms with Gasteiger partial charge in [-0.2, -0.15) is 0 Å². The lowest BCUT2D eigenvalue weighted by atomic mass is 10.0. The van der Waals surface area contributed by atoms with Gasteiger partial charge in [-0.1, -0.05) is 56.3 Å². The molecule has 0 aliphatic carbocycles. The van der Waals surface area contributed by atoms with Crippen molar-refractivity contribution in [2.45, 2.75) is 84.1 Å². The third-order valence-corrected chi connectivity index (χ3v) is 6.41. The molecular formula is C28H38N2O4. The number of nitrogens with one attached hydrogen (secondary N) is 1. The van der Waals surface area contributed by atoms with Crippen LogP contribution in [0.1, 0.15) is 71.1 Å². The van der Waals surface area contributed by atoms with Crippen molar-refractivity contribution >= 4 is 17.7 Å². The molecule has 1 aliphatic heterocycles. The van der Waals surface area contributed by atoms with Gasteiger partial charge >= 0.3 is 6.09 Å². The van der Waals surface area contributed by atoms with Crippen LogP contribution in [0.15, 0.2) is 54.6 Å². The van der Waals surface area contributed by atoms with E-state index in [1.54, 1.807) is 4.90 Å². The highest BCUT2D eigenvalue weighted by Gasteiger charge is 2.42. The number of benzene rings is 2. The van der Waals surface area contributed by atoms with E-state index in [9.17, 15) is 14.7 Å². The molecule has 0 spiro atoms. The average molecular weight is 467 g/mol. The van der Waals surface area contributed by atoms with Crippen molar-refractivity contribution < 1.29 is 19.4 Å². The van der Waals surface area contributed by atoms with Gasteiger partial charge in [0.2, 0.25) is 5.91 Å². The maximum atomic E-state index is 13.2. The summed E-state index contributed by atoms with van der Waals surface area (Å²) in [5.74, 6) is -0.0200. The fraction of sp³-hybridized carbons (Fsp3) is 0.500. The van der Waals surface area contributed by atoms with E-state index in [0.29, 0.717) is 12.8 Å². The molecule has 2 aromatic rings. The Morgan fingerprint density at radius 1 is 1.09 bits per heavy atom. The monoisotopic (exact) mass is 466 g/mol. The van der Waals surface area contributed by atoms with E-state index in [2.05, 4.69) is 5.32 Å². The van der Waals surface area contributed by atoms with Crippen molar-refractivity contribution in [3.8, 4) is 0 Å². The van der Waals surface area contributed by atoms with Crippen molar-refractivity contribution in [3.05, 3.63) is 65.7 Å². The minimum Gasteiger partial charge on any atom is -0.444 e. The molecule has 0 radical (unpaired) electrons. The zero-order valence-electron chi connectivity index (χ0n) is 21.0. The van der Waals surface area contributed by atoms with Crippen LogP contribution in [0.5, 0.6) is 0 Å². The zero-order chi connectivity index (χ0) is 24.9. The molecule has 2 N–H and O–H groups in total. The second-order valence-corrected chi connectivity index (χ2v) is 10.2. The van der Waals surface area contributed by atoms with Crippen LogP contribution in [-0.4, -0.2) is 39.7 Å². The number of amides is 2. The Morgan fingerprint density at radius 3 is 2.32 bits per heavy atom. The summed E-state index contributed by atoms with van der Waals surface area (Å²) in [6.07, 6.45) is 1.74. The molecule has 1 fully saturated rings. The number of likely N-dealkylation sites (tertiary alicyclic amines) is 1. The first kappa shape index (κ1) is 25.8. The Bertz CT molecular complexity index is 953. The second-order valence-electron chi connectivity index (χ2n) is 10.2. The number of aliphatic hydroxyl groups is 1. The molecule has 6 heteroatoms. The number of hydrogen-bond acceptors (Lipinski definition) is 4. The van der Waals surface area contributed by atoms with Crippen molar-refractivity contribution in [3.63, 3.8) is 0 Å². The predicted molar refractivity (Wildman–Crippen MR) is 135 cm³/mol. The summed E-state index contributed by atoms with van der Waals surface area (Å²) < 4.78 is 5.73. The smallest absolute Gasteiger partial charge is 0.410 e. The lowest BCUT2D eigenvalue weighted by Crippen LogP contribution is -2.47. The summed E-state index contributed by atoms with van der Waals surface area (Å²) in [5.41, 5.74) is 2.00. The SMILES string of the molecule is CC[C@@H](C)C(=O)Nc1ccc(C[C@@H]2CC[C@H]([C@H](O)c3ccccc3)N2C(=O)OC(C)(C)C)cc1. The largest absolute Gasteiger partial charge is 0.444 e. The summed E-state index contributed by atoms with van der Waals surface area (Å²) >= 11 is 0. The number of nitrogens with zero attached hydrogens (tertiary/aromatic N) is 1. The van der Waals surface area contributed by atoms with E-state index in [1.807, 2.05) is 89.2 Å². The summed E-state index contributed by atoms with van der Waals surface area (Å²) in [4.78, 5) is 27.1. The van der Waals surface area contributed by atoms with Crippen LogP contribution in [0.25, 0.3) is 0 Å². The second kappa shape index (κ2) is 11.0. The standard InChI is InChI=1S/C28H38N2O4/c1-6-19(2)26(32)29-22-14-12-20(13-15-22)18-23-16-17-24(25(31)21-10-8-7-9-11-21)30(23)27(33)34-28(3,4)5/h7-15,19,23-25,31H,6,16-18H2,1-5H3,(H,29,32)/t19-,23+,24-,25-/m1/s1. The molecule has 4 atom stereocenters. The van der Waals surface area contributed by atoms with Gasteiger partial charge in [-0.3, -0.25) is 9.69 Å². The van der Waals surface area contributed by atoms with Crippen molar-refractivity contribution in [1.29, 1.82) is 0 Å². The molecule has 3 rings (SSSR count). The van der Waals surface area contributed by atoms with E-state index >= 15 is 0 Å². The molecule has 34 heavy (non-hydrogen) atoms. The number of aliphatic hydroxyl groups excluding tert-OH is 1. The zero-order valence-corrected chi connectivity index (χ0v) is 21.0. The van der Waals surface area contributed by atoms with Crippen LogP contribution in [0.3, 0.4) is 0 Å². The minimum atomic E-state index is -0.781. The van der Waals surface area contributed by atoms with Gasteiger partial charge < -0.3 is 15.2 Å². The highest BCUT2D eigenvalue weighted by molar-refractivity contribution is 5.92. The molecule has 1 heterocycles. The highest BCUT2D eigenvalue weighted by Crippen LogP contribution is 2.36. The van der Waals surface area contributed by atoms with Crippen molar-refractivity contribution in [2.24, 2.45) is 5.92 Å². The normalized spacial score (nSPS) is 20.0. The molecule has 184 valence electrons. The Kier molecular flexibility index (Phi) is 8.37. The molecule has 0 aromatic heterocycles. The molecule has 6 nitrogen and oxygen atoms in total. The maximum absolute atomic E-state index is 13.2. The maximum Gasteiger partial charge on any atom is 0.410 e. The third kappa shape index (κ3) is 6.60. The first-order valence-electron chi connectivity index (χ1n) is 12.2. The van der Waals surface area contributed by atoms with Crippen LogP contribution in [0.4, 0.5) is 10.5 Å². The van der Waals surface area contributed by atoms with Gasteiger partial charge in [0.15, 0.2) is 0 Å². The number of carbonyl (C=O) groups excluding carboxylic acids is 2. The van der Waals surface area contributed by atoms with Crippen LogP contribution in [-0.2, 0) is 16.0 Å². The number of hydrogen-bond donors (Lipinski definition) is 2. The van der Waals surface area contributed by atoms with Gasteiger partial charge in [0.1, 0.15) is 5.60 Å². The van der Waals surface area contributed by atoms with Gasteiger partial charge in [-0.15, -0.1) is 0 Å². The summed E-state index contributed by atoms with van der Waals surface area (Å²) in [7, 11) is 0. The molecule has 0 bridgehead atoms. The fourth-order valence-electron chi connectivity index (χ4n) is 4.34. The first-order valence-corrected chi connectivity index (χ1v) is 12.2. The highest BCUT2D eigenvalue weighted by atomic mass is 16.6. The van der Waals surface area contributed by atoms with E-state index in [-0.39, 0.29) is 23.9 Å². The van der Waals surface area contributed by atoms with Gasteiger partial charge in [0, 0.05) is 17.6 Å². The number of ether oxygens (including phenoxy) is 1. The van der Waals surface area contributed by atoms with E-state index in [4.69, 9.17) is 4.74 Å². The quantitative estimate of drug-likeness (QED) is 0.547. The van der Waals surface area contributed by atoms with E-state index < -0.39 is 17.8 Å².